The molecule has 3 nitrogen and oxygen atoms in total. The Hall–Kier alpha value is -1.76. The van der Waals surface area contributed by atoms with Crippen LogP contribution in [0.25, 0.3) is 0 Å². The van der Waals surface area contributed by atoms with Crippen molar-refractivity contribution in [1.29, 1.82) is 5.26 Å². The van der Waals surface area contributed by atoms with Crippen LogP contribution in [0.2, 0.25) is 0 Å². The van der Waals surface area contributed by atoms with Crippen LogP contribution < -0.4 is 10.2 Å². The van der Waals surface area contributed by atoms with E-state index in [1.807, 2.05) is 20.1 Å². The van der Waals surface area contributed by atoms with E-state index in [1.165, 1.54) is 11.9 Å². The fraction of sp³-hybridized carbons (Fsp3) is 0.467. The molecule has 1 aliphatic heterocycles. The molecule has 3 rings (SSSR count). The summed E-state index contributed by atoms with van der Waals surface area (Å²) in [6, 6.07) is 6.14. The monoisotopic (exact) mass is 252 g/mol. The van der Waals surface area contributed by atoms with Crippen molar-refractivity contribution in [3.8, 4) is 11.9 Å². The number of benzene rings is 1. The smallest absolute Gasteiger partial charge is 0.205 e. The molecule has 1 aromatic rings. The van der Waals surface area contributed by atoms with Crippen LogP contribution >= 0.6 is 0 Å². The number of nitriles is 1. The summed E-state index contributed by atoms with van der Waals surface area (Å²) in [6.45, 7) is 2.27. The molecule has 4 heteroatoms. The quantitative estimate of drug-likeness (QED) is 0.519. The van der Waals surface area contributed by atoms with Crippen LogP contribution in [-0.2, 0) is 0 Å². The fourth-order valence-electron chi connectivity index (χ4n) is 3.39. The summed E-state index contributed by atoms with van der Waals surface area (Å²) in [7, 11) is 2.05. The van der Waals surface area contributed by atoms with Crippen molar-refractivity contribution in [3.05, 3.63) is 23.8 Å². The molecule has 1 fully saturated rings. The van der Waals surface area contributed by atoms with Crippen molar-refractivity contribution in [2.75, 3.05) is 0 Å². The second-order valence-corrected chi connectivity index (χ2v) is 5.97. The lowest BCUT2D eigenvalue weighted by atomic mass is 9.84. The van der Waals surface area contributed by atoms with E-state index in [4.69, 9.17) is 10.00 Å². The number of aliphatic imine (C=N–C) groups is 1. The molecule has 19 heavy (non-hydrogen) atoms. The summed E-state index contributed by atoms with van der Waals surface area (Å²) >= 11 is 0. The average Bonchev–Trinajstić information content (AvgIpc) is 2.72. The van der Waals surface area contributed by atoms with Crippen LogP contribution in [0, 0.1) is 17.4 Å². The number of hydrogen-bond donors (Lipinski definition) is 0. The molecule has 1 aromatic carbocycles. The number of nitrogens with zero attached hydrogens (tertiary/aromatic N) is 2. The Labute approximate surface area is 114 Å². The first kappa shape index (κ1) is 12.3. The first-order valence-corrected chi connectivity index (χ1v) is 6.88. The molecule has 1 heterocycles. The lowest BCUT2D eigenvalue weighted by molar-refractivity contribution is 0.0744. The molecule has 1 aliphatic carbocycles. The van der Waals surface area contributed by atoms with Crippen LogP contribution in [0.4, 0.5) is 0 Å². The van der Waals surface area contributed by atoms with Crippen molar-refractivity contribution < 1.29 is 4.74 Å². The van der Waals surface area contributed by atoms with Gasteiger partial charge in [0.15, 0.2) is 0 Å². The van der Waals surface area contributed by atoms with Gasteiger partial charge in [-0.1, -0.05) is 24.5 Å². The van der Waals surface area contributed by atoms with E-state index in [1.54, 1.807) is 0 Å². The summed E-state index contributed by atoms with van der Waals surface area (Å²) in [5.74, 6) is 1.58. The van der Waals surface area contributed by atoms with Gasteiger partial charge in [0.2, 0.25) is 6.19 Å². The predicted octanol–water partition coefficient (Wildman–Crippen LogP) is 1.56. The second kappa shape index (κ2) is 4.41. The Bertz CT molecular complexity index is 590. The molecule has 0 radical (unpaired) electrons. The van der Waals surface area contributed by atoms with Gasteiger partial charge in [0.05, 0.1) is 5.71 Å². The summed E-state index contributed by atoms with van der Waals surface area (Å²) < 4.78 is 6.29. The minimum atomic E-state index is -0.128. The second-order valence-electron chi connectivity index (χ2n) is 5.97. The maximum atomic E-state index is 8.92. The lowest BCUT2D eigenvalue weighted by Crippen LogP contribution is -2.40. The summed E-state index contributed by atoms with van der Waals surface area (Å²) in [5, 5.41) is 8.92. The minimum absolute atomic E-state index is 0.128. The third kappa shape index (κ3) is 2.14. The molecule has 0 aromatic heterocycles. The largest absolute Gasteiger partial charge is 0.486 e. The molecule has 2 aliphatic rings. The average molecular weight is 252 g/mol. The predicted molar refractivity (Wildman–Crippen MR) is 77.8 cm³/mol. The molecule has 0 N–H and O–H groups in total. The van der Waals surface area contributed by atoms with E-state index in [0.29, 0.717) is 5.92 Å². The zero-order chi connectivity index (χ0) is 13.5. The molecule has 1 spiro atoms. The van der Waals surface area contributed by atoms with E-state index in [-0.39, 0.29) is 5.60 Å². The zero-order valence-corrected chi connectivity index (χ0v) is 11.4. The summed E-state index contributed by atoms with van der Waals surface area (Å²) in [6.07, 6.45) is 6.03. The molecular formula is C15H17BN2O. The Kier molecular flexibility index (Phi) is 2.85. The van der Waals surface area contributed by atoms with Crippen molar-refractivity contribution in [3.63, 3.8) is 0 Å². The number of hydrogen-bond acceptors (Lipinski definition) is 3. The van der Waals surface area contributed by atoms with Gasteiger partial charge in [0, 0.05) is 12.0 Å². The van der Waals surface area contributed by atoms with Crippen molar-refractivity contribution in [1.82, 2.24) is 0 Å². The van der Waals surface area contributed by atoms with Crippen LogP contribution in [0.1, 0.15) is 38.2 Å². The third-order valence-corrected chi connectivity index (χ3v) is 4.26. The molecule has 0 amide bonds. The summed E-state index contributed by atoms with van der Waals surface area (Å²) in [5.41, 5.74) is 2.93. The molecule has 1 saturated carbocycles. The highest BCUT2D eigenvalue weighted by Gasteiger charge is 2.44. The first-order valence-electron chi connectivity index (χ1n) is 6.88. The Morgan fingerprint density at radius 1 is 1.53 bits per heavy atom. The van der Waals surface area contributed by atoms with Gasteiger partial charge in [0.1, 0.15) is 19.2 Å². The van der Waals surface area contributed by atoms with E-state index in [0.717, 1.165) is 36.3 Å². The van der Waals surface area contributed by atoms with Crippen LogP contribution in [0.3, 0.4) is 0 Å². The van der Waals surface area contributed by atoms with Crippen molar-refractivity contribution >= 4 is 19.0 Å². The standard InChI is InChI=1S/C15H17BN2O/c1-10-4-5-15(7-10)8-13(18-9-17)12-6-11(16)2-3-14(12)19-15/h2-3,6,10H,4-5,7-8,16H2,1H3/b18-13+. The molecule has 2 atom stereocenters. The molecule has 2 unspecified atom stereocenters. The highest BCUT2D eigenvalue weighted by Crippen LogP contribution is 2.45. The van der Waals surface area contributed by atoms with Gasteiger partial charge in [-0.3, -0.25) is 0 Å². The maximum Gasteiger partial charge on any atom is 0.205 e. The molecule has 96 valence electrons. The third-order valence-electron chi connectivity index (χ3n) is 4.26. The first-order chi connectivity index (χ1) is 9.12. The normalized spacial score (nSPS) is 30.9. The zero-order valence-electron chi connectivity index (χ0n) is 11.4. The van der Waals surface area contributed by atoms with E-state index in [2.05, 4.69) is 24.0 Å². The van der Waals surface area contributed by atoms with Gasteiger partial charge in [-0.05, 0) is 31.2 Å². The van der Waals surface area contributed by atoms with Gasteiger partial charge in [0.25, 0.3) is 0 Å². The molecule has 0 bridgehead atoms. The lowest BCUT2D eigenvalue weighted by Gasteiger charge is -2.36. The number of ether oxygens (including phenoxy) is 1. The Balaban J connectivity index is 2.06. The van der Waals surface area contributed by atoms with Crippen molar-refractivity contribution in [2.45, 2.75) is 38.2 Å². The molecule has 0 saturated heterocycles. The SMILES string of the molecule is Bc1ccc2c(c1)/C(=N/C#N)CC1(CCC(C)C1)O2. The highest BCUT2D eigenvalue weighted by molar-refractivity contribution is 6.33. The van der Waals surface area contributed by atoms with E-state index >= 15 is 0 Å². The van der Waals surface area contributed by atoms with Crippen molar-refractivity contribution in [2.24, 2.45) is 10.9 Å². The topological polar surface area (TPSA) is 45.4 Å². The van der Waals surface area contributed by atoms with E-state index < -0.39 is 0 Å². The van der Waals surface area contributed by atoms with Crippen LogP contribution in [0.15, 0.2) is 23.2 Å². The highest BCUT2D eigenvalue weighted by atomic mass is 16.5. The number of fused-ring (bicyclic) bond motifs is 1. The van der Waals surface area contributed by atoms with Gasteiger partial charge >= 0.3 is 0 Å². The van der Waals surface area contributed by atoms with Crippen LogP contribution in [0.5, 0.6) is 5.75 Å². The van der Waals surface area contributed by atoms with Gasteiger partial charge in [-0.15, -0.1) is 0 Å². The van der Waals surface area contributed by atoms with E-state index in [9.17, 15) is 0 Å². The fourth-order valence-corrected chi connectivity index (χ4v) is 3.39. The van der Waals surface area contributed by atoms with Gasteiger partial charge in [-0.25, -0.2) is 0 Å². The maximum absolute atomic E-state index is 8.92. The van der Waals surface area contributed by atoms with Crippen LogP contribution in [-0.4, -0.2) is 19.2 Å². The van der Waals surface area contributed by atoms with Gasteiger partial charge in [-0.2, -0.15) is 10.3 Å². The Morgan fingerprint density at radius 3 is 3.05 bits per heavy atom. The van der Waals surface area contributed by atoms with Gasteiger partial charge < -0.3 is 4.74 Å². The summed E-state index contributed by atoms with van der Waals surface area (Å²) in [4.78, 5) is 4.05. The Morgan fingerprint density at radius 2 is 2.37 bits per heavy atom. The number of rotatable bonds is 0. The minimum Gasteiger partial charge on any atom is -0.486 e. The molecular weight excluding hydrogens is 235 g/mol.